The molecular weight excluding hydrogens is 471 g/mol. The van der Waals surface area contributed by atoms with Crippen molar-refractivity contribution >= 4 is 66.6 Å². The average molecular weight is 497 g/mol. The predicted octanol–water partition coefficient (Wildman–Crippen LogP) is 2.24. The van der Waals surface area contributed by atoms with Crippen LogP contribution in [0, 0.1) is 6.92 Å². The Balaban J connectivity index is 0.00000320. The highest BCUT2D eigenvalue weighted by atomic mass is 35.5. The smallest absolute Gasteiger partial charge is 0.244 e. The highest BCUT2D eigenvalue weighted by Gasteiger charge is 2.25. The van der Waals surface area contributed by atoms with Gasteiger partial charge in [-0.15, -0.1) is 12.4 Å². The van der Waals surface area contributed by atoms with E-state index in [1.54, 1.807) is 4.90 Å². The number of likely N-dealkylation sites (N-methyl/N-ethyl adjacent to an activating group) is 1. The normalized spacial score (nSPS) is 15.4. The number of aromatic nitrogens is 1. The minimum absolute atomic E-state index is 0. The Labute approximate surface area is 192 Å². The molecule has 0 unspecified atom stereocenters. The first-order valence-corrected chi connectivity index (χ1v) is 12.3. The molecule has 1 fully saturated rings. The summed E-state index contributed by atoms with van der Waals surface area (Å²) in [5.74, 6) is -0.311. The van der Waals surface area contributed by atoms with Crippen molar-refractivity contribution in [2.75, 3.05) is 64.1 Å². The minimum atomic E-state index is -3.46. The number of fused-ring (bicyclic) bond motifs is 1. The van der Waals surface area contributed by atoms with Gasteiger partial charge >= 0.3 is 0 Å². The number of hydrogen-bond acceptors (Lipinski definition) is 7. The highest BCUT2D eigenvalue weighted by molar-refractivity contribution is 7.88. The van der Waals surface area contributed by atoms with Crippen LogP contribution in [0.3, 0.4) is 0 Å². The summed E-state index contributed by atoms with van der Waals surface area (Å²) >= 11 is 7.55. The Morgan fingerprint density at radius 2 is 2.00 bits per heavy atom. The summed E-state index contributed by atoms with van der Waals surface area (Å²) in [6.45, 7) is 5.72. The first kappa shape index (κ1) is 25.3. The predicted molar refractivity (Wildman–Crippen MR) is 124 cm³/mol. The van der Waals surface area contributed by atoms with Gasteiger partial charge in [0.2, 0.25) is 15.9 Å². The lowest BCUT2D eigenvalue weighted by atomic mass is 10.2. The van der Waals surface area contributed by atoms with E-state index >= 15 is 0 Å². The summed E-state index contributed by atoms with van der Waals surface area (Å²) in [7, 11) is -2.06. The van der Waals surface area contributed by atoms with Crippen molar-refractivity contribution in [2.24, 2.45) is 0 Å². The molecule has 0 radical (unpaired) electrons. The van der Waals surface area contributed by atoms with Gasteiger partial charge in [-0.25, -0.2) is 13.4 Å². The van der Waals surface area contributed by atoms with Crippen LogP contribution in [0.25, 0.3) is 10.2 Å². The maximum absolute atomic E-state index is 13.0. The molecule has 8 nitrogen and oxygen atoms in total. The Bertz CT molecular complexity index is 993. The number of morpholine rings is 1. The van der Waals surface area contributed by atoms with Gasteiger partial charge < -0.3 is 4.74 Å². The van der Waals surface area contributed by atoms with Crippen LogP contribution in [-0.4, -0.2) is 87.8 Å². The highest BCUT2D eigenvalue weighted by Crippen LogP contribution is 2.33. The molecule has 30 heavy (non-hydrogen) atoms. The van der Waals surface area contributed by atoms with Crippen molar-refractivity contribution in [1.82, 2.24) is 14.2 Å². The summed E-state index contributed by atoms with van der Waals surface area (Å²) in [4.78, 5) is 21.5. The number of aryl methyl sites for hydroxylation is 1. The number of hydrogen-bond donors (Lipinski definition) is 0. The number of rotatable bonds is 7. The Hall–Kier alpha value is -1.01. The van der Waals surface area contributed by atoms with E-state index < -0.39 is 10.0 Å². The van der Waals surface area contributed by atoms with Gasteiger partial charge in [-0.2, -0.15) is 4.31 Å². The van der Waals surface area contributed by atoms with Crippen LogP contribution in [0.5, 0.6) is 0 Å². The van der Waals surface area contributed by atoms with E-state index in [0.29, 0.717) is 36.5 Å². The number of sulfonamides is 1. The van der Waals surface area contributed by atoms with Crippen LogP contribution in [0.15, 0.2) is 12.1 Å². The molecule has 1 amide bonds. The van der Waals surface area contributed by atoms with E-state index in [2.05, 4.69) is 9.88 Å². The van der Waals surface area contributed by atoms with Gasteiger partial charge in [0.15, 0.2) is 5.13 Å². The number of ether oxygens (including phenoxy) is 1. The maximum Gasteiger partial charge on any atom is 0.244 e. The lowest BCUT2D eigenvalue weighted by Crippen LogP contribution is -2.46. The van der Waals surface area contributed by atoms with Crippen LogP contribution in [0.4, 0.5) is 5.13 Å². The van der Waals surface area contributed by atoms with Gasteiger partial charge in [-0.05, 0) is 24.6 Å². The second kappa shape index (κ2) is 10.5. The number of benzene rings is 1. The molecule has 2 aromatic rings. The van der Waals surface area contributed by atoms with Gasteiger partial charge in [0.25, 0.3) is 0 Å². The number of nitrogens with zero attached hydrogens (tertiary/aromatic N) is 4. The van der Waals surface area contributed by atoms with Crippen molar-refractivity contribution < 1.29 is 17.9 Å². The zero-order valence-corrected chi connectivity index (χ0v) is 20.3. The molecule has 1 saturated heterocycles. The fraction of sp³-hybridized carbons (Fsp3) is 0.556. The lowest BCUT2D eigenvalue weighted by molar-refractivity contribution is -0.118. The fourth-order valence-electron chi connectivity index (χ4n) is 3.04. The molecule has 0 spiro atoms. The molecule has 0 bridgehead atoms. The van der Waals surface area contributed by atoms with E-state index in [1.165, 1.54) is 18.4 Å². The van der Waals surface area contributed by atoms with Gasteiger partial charge in [0.1, 0.15) is 0 Å². The number of carbonyl (C=O) groups is 1. The van der Waals surface area contributed by atoms with Crippen molar-refractivity contribution in [2.45, 2.75) is 6.92 Å². The number of halogens is 2. The first-order chi connectivity index (χ1) is 13.6. The third kappa shape index (κ3) is 6.25. The Morgan fingerprint density at radius 1 is 1.33 bits per heavy atom. The summed E-state index contributed by atoms with van der Waals surface area (Å²) in [5, 5.41) is 1.17. The molecule has 1 aliphatic heterocycles. The molecule has 0 aliphatic carbocycles. The van der Waals surface area contributed by atoms with Crippen LogP contribution in [-0.2, 0) is 19.6 Å². The molecule has 168 valence electrons. The summed E-state index contributed by atoms with van der Waals surface area (Å²) in [5.41, 5.74) is 1.74. The summed E-state index contributed by atoms with van der Waals surface area (Å²) in [6, 6.07) is 3.67. The second-order valence-electron chi connectivity index (χ2n) is 7.08. The minimum Gasteiger partial charge on any atom is -0.379 e. The number of anilines is 1. The van der Waals surface area contributed by atoms with Gasteiger partial charge in [-0.3, -0.25) is 14.6 Å². The zero-order valence-electron chi connectivity index (χ0n) is 17.1. The van der Waals surface area contributed by atoms with Crippen LogP contribution < -0.4 is 4.90 Å². The maximum atomic E-state index is 13.0. The first-order valence-electron chi connectivity index (χ1n) is 9.23. The molecule has 0 atom stereocenters. The second-order valence-corrected chi connectivity index (χ2v) is 10.6. The van der Waals surface area contributed by atoms with Crippen molar-refractivity contribution in [1.29, 1.82) is 0 Å². The topological polar surface area (TPSA) is 83.0 Å². The molecule has 1 aromatic heterocycles. The number of carbonyl (C=O) groups excluding carboxylic acids is 1. The summed E-state index contributed by atoms with van der Waals surface area (Å²) < 4.78 is 30.8. The van der Waals surface area contributed by atoms with Crippen LogP contribution in [0.1, 0.15) is 5.56 Å². The van der Waals surface area contributed by atoms with Gasteiger partial charge in [0.05, 0.1) is 36.2 Å². The Kier molecular flexibility index (Phi) is 8.87. The SMILES string of the molecule is Cc1cc(Cl)cc2sc(N(CCN3CCOCC3)C(=O)CN(C)S(C)(=O)=O)nc12.Cl. The average Bonchev–Trinajstić information content (AvgIpc) is 3.06. The van der Waals surface area contributed by atoms with Crippen molar-refractivity contribution in [3.8, 4) is 0 Å². The molecule has 12 heteroatoms. The van der Waals surface area contributed by atoms with E-state index in [-0.39, 0.29) is 24.9 Å². The third-order valence-corrected chi connectivity index (χ3v) is 7.34. The van der Waals surface area contributed by atoms with E-state index in [4.69, 9.17) is 16.3 Å². The van der Waals surface area contributed by atoms with E-state index in [9.17, 15) is 13.2 Å². The zero-order chi connectivity index (χ0) is 21.2. The molecular formula is C18H26Cl2N4O4S2. The van der Waals surface area contributed by atoms with Gasteiger partial charge in [-0.1, -0.05) is 22.9 Å². The molecule has 1 aliphatic rings. The van der Waals surface area contributed by atoms with Crippen LogP contribution >= 0.6 is 35.3 Å². The lowest BCUT2D eigenvalue weighted by Gasteiger charge is -2.29. The third-order valence-electron chi connectivity index (χ3n) is 4.84. The van der Waals surface area contributed by atoms with Crippen LogP contribution in [0.2, 0.25) is 5.02 Å². The largest absolute Gasteiger partial charge is 0.379 e. The standard InChI is InChI=1S/C18H25ClN4O4S2.ClH/c1-13-10-14(19)11-15-17(13)20-18(28-15)23(5-4-22-6-8-27-9-7-22)16(24)12-21(2)29(3,25)26;/h10-11H,4-9,12H2,1-3H3;1H. The molecule has 0 N–H and O–H groups in total. The molecule has 1 aromatic carbocycles. The molecule has 0 saturated carbocycles. The fourth-order valence-corrected chi connectivity index (χ4v) is 4.85. The van der Waals surface area contributed by atoms with E-state index in [1.807, 2.05) is 19.1 Å². The molecule has 3 rings (SSSR count). The summed E-state index contributed by atoms with van der Waals surface area (Å²) in [6.07, 6.45) is 1.08. The number of thiazole rings is 1. The number of amides is 1. The van der Waals surface area contributed by atoms with E-state index in [0.717, 1.165) is 39.4 Å². The van der Waals surface area contributed by atoms with Crippen molar-refractivity contribution in [3.63, 3.8) is 0 Å². The molecule has 2 heterocycles. The van der Waals surface area contributed by atoms with Gasteiger partial charge in [0, 0.05) is 38.2 Å². The quantitative estimate of drug-likeness (QED) is 0.584. The Morgan fingerprint density at radius 3 is 2.63 bits per heavy atom. The van der Waals surface area contributed by atoms with Crippen molar-refractivity contribution in [3.05, 3.63) is 22.7 Å². The monoisotopic (exact) mass is 496 g/mol.